The molecule has 1 aliphatic carbocycles. The quantitative estimate of drug-likeness (QED) is 0.540. The highest BCUT2D eigenvalue weighted by molar-refractivity contribution is 5.88. The summed E-state index contributed by atoms with van der Waals surface area (Å²) in [6, 6.07) is 6.85. The molecule has 1 heterocycles. The van der Waals surface area contributed by atoms with Crippen molar-refractivity contribution < 1.29 is 0 Å². The number of H-pyrrole nitrogens is 1. The van der Waals surface area contributed by atoms with Gasteiger partial charge in [0.1, 0.15) is 0 Å². The number of aromatic nitrogens is 1. The van der Waals surface area contributed by atoms with Gasteiger partial charge in [-0.05, 0) is 55.7 Å². The molecule has 1 aliphatic rings. The molecule has 2 aromatic rings. The number of aromatic amines is 1. The maximum absolute atomic E-state index is 3.70. The summed E-state index contributed by atoms with van der Waals surface area (Å²) in [4.78, 5) is 3.70. The van der Waals surface area contributed by atoms with Gasteiger partial charge in [0.25, 0.3) is 0 Å². The molecule has 1 nitrogen and oxygen atoms in total. The molecule has 108 valence electrons. The van der Waals surface area contributed by atoms with E-state index in [-0.39, 0.29) is 0 Å². The van der Waals surface area contributed by atoms with E-state index in [0.29, 0.717) is 0 Å². The van der Waals surface area contributed by atoms with Gasteiger partial charge in [0, 0.05) is 16.6 Å². The van der Waals surface area contributed by atoms with Gasteiger partial charge in [0.05, 0.1) is 0 Å². The first-order valence-corrected chi connectivity index (χ1v) is 8.51. The van der Waals surface area contributed by atoms with Crippen molar-refractivity contribution in [2.24, 2.45) is 0 Å². The minimum Gasteiger partial charge on any atom is -0.358 e. The molecule has 0 saturated heterocycles. The summed E-state index contributed by atoms with van der Waals surface area (Å²) < 4.78 is 0. The molecule has 0 spiro atoms. The van der Waals surface area contributed by atoms with Crippen LogP contribution in [0.3, 0.4) is 0 Å². The van der Waals surface area contributed by atoms with Crippen LogP contribution in [0.4, 0.5) is 0 Å². The van der Waals surface area contributed by atoms with Crippen LogP contribution in [0.25, 0.3) is 10.9 Å². The molecule has 0 unspecified atom stereocenters. The molecule has 3 rings (SSSR count). The van der Waals surface area contributed by atoms with Crippen LogP contribution in [0.2, 0.25) is 0 Å². The molecule has 0 amide bonds. The number of benzene rings is 1. The Hall–Kier alpha value is -1.24. The van der Waals surface area contributed by atoms with E-state index in [1.54, 1.807) is 16.5 Å². The monoisotopic (exact) mass is 269 g/mol. The lowest BCUT2D eigenvalue weighted by Gasteiger charge is -2.06. The Labute approximate surface area is 122 Å². The first-order valence-electron chi connectivity index (χ1n) is 8.51. The van der Waals surface area contributed by atoms with E-state index in [0.717, 1.165) is 0 Å². The van der Waals surface area contributed by atoms with Gasteiger partial charge in [-0.25, -0.2) is 0 Å². The molecule has 0 atom stereocenters. The molecule has 1 aromatic carbocycles. The van der Waals surface area contributed by atoms with E-state index >= 15 is 0 Å². The molecule has 1 N–H and O–H groups in total. The molecule has 0 saturated carbocycles. The molecular weight excluding hydrogens is 242 g/mol. The van der Waals surface area contributed by atoms with Crippen LogP contribution < -0.4 is 0 Å². The van der Waals surface area contributed by atoms with E-state index in [2.05, 4.69) is 30.1 Å². The number of nitrogens with one attached hydrogen (secondary N) is 1. The standard InChI is InChI=1S/C19H27N/c1-2-3-4-6-10-15-11-9-14-18-19(15)16-12-7-5-8-13-17(16)20-18/h9,11,14,20H,2-8,10,12-13H2,1H3. The SMILES string of the molecule is CCCCCCc1cccc2[nH]c3c(c12)CCCCC3. The minimum absolute atomic E-state index is 1.25. The zero-order chi connectivity index (χ0) is 13.8. The second kappa shape index (κ2) is 6.47. The Balaban J connectivity index is 1.89. The van der Waals surface area contributed by atoms with Crippen LogP contribution in [0, 0.1) is 0 Å². The maximum Gasteiger partial charge on any atom is 0.0461 e. The van der Waals surface area contributed by atoms with Gasteiger partial charge in [-0.3, -0.25) is 0 Å². The van der Waals surface area contributed by atoms with Crippen LogP contribution >= 0.6 is 0 Å². The van der Waals surface area contributed by atoms with Crippen molar-refractivity contribution in [3.8, 4) is 0 Å². The summed E-state index contributed by atoms with van der Waals surface area (Å²) >= 11 is 0. The lowest BCUT2D eigenvalue weighted by Crippen LogP contribution is -1.91. The second-order valence-corrected chi connectivity index (χ2v) is 6.29. The van der Waals surface area contributed by atoms with Gasteiger partial charge in [0.15, 0.2) is 0 Å². The van der Waals surface area contributed by atoms with E-state index in [1.165, 1.54) is 75.4 Å². The second-order valence-electron chi connectivity index (χ2n) is 6.29. The van der Waals surface area contributed by atoms with Crippen molar-refractivity contribution in [2.45, 2.75) is 71.1 Å². The van der Waals surface area contributed by atoms with Gasteiger partial charge in [0.2, 0.25) is 0 Å². The Morgan fingerprint density at radius 1 is 1.00 bits per heavy atom. The molecule has 0 fully saturated rings. The number of hydrogen-bond acceptors (Lipinski definition) is 0. The lowest BCUT2D eigenvalue weighted by molar-refractivity contribution is 0.668. The van der Waals surface area contributed by atoms with Crippen LogP contribution in [0.5, 0.6) is 0 Å². The number of aryl methyl sites for hydroxylation is 3. The van der Waals surface area contributed by atoms with E-state index in [9.17, 15) is 0 Å². The third-order valence-electron chi connectivity index (χ3n) is 4.76. The summed E-state index contributed by atoms with van der Waals surface area (Å²) in [5.74, 6) is 0. The molecule has 0 bridgehead atoms. The normalized spacial score (nSPS) is 15.2. The van der Waals surface area contributed by atoms with Crippen LogP contribution in [-0.2, 0) is 19.3 Å². The number of unbranched alkanes of at least 4 members (excludes halogenated alkanes) is 3. The fourth-order valence-corrected chi connectivity index (χ4v) is 3.67. The Morgan fingerprint density at radius 3 is 2.80 bits per heavy atom. The van der Waals surface area contributed by atoms with E-state index < -0.39 is 0 Å². The van der Waals surface area contributed by atoms with Gasteiger partial charge >= 0.3 is 0 Å². The van der Waals surface area contributed by atoms with E-state index in [1.807, 2.05) is 0 Å². The number of rotatable bonds is 5. The molecule has 1 heteroatoms. The average Bonchev–Trinajstić information content (AvgIpc) is 2.66. The van der Waals surface area contributed by atoms with Gasteiger partial charge in [-0.2, -0.15) is 0 Å². The summed E-state index contributed by atoms with van der Waals surface area (Å²) in [6.07, 6.45) is 13.3. The van der Waals surface area contributed by atoms with E-state index in [4.69, 9.17) is 0 Å². The zero-order valence-corrected chi connectivity index (χ0v) is 12.8. The maximum atomic E-state index is 3.70. The predicted octanol–water partition coefficient (Wildman–Crippen LogP) is 5.56. The van der Waals surface area contributed by atoms with Gasteiger partial charge in [-0.15, -0.1) is 0 Å². The van der Waals surface area contributed by atoms with Gasteiger partial charge in [-0.1, -0.05) is 44.7 Å². The fourth-order valence-electron chi connectivity index (χ4n) is 3.67. The van der Waals surface area contributed by atoms with Crippen molar-refractivity contribution in [3.05, 3.63) is 35.0 Å². The Bertz CT molecular complexity index is 564. The number of hydrogen-bond donors (Lipinski definition) is 1. The number of fused-ring (bicyclic) bond motifs is 3. The summed E-state index contributed by atoms with van der Waals surface area (Å²) in [5, 5.41) is 1.57. The molecule has 0 aliphatic heterocycles. The highest BCUT2D eigenvalue weighted by Gasteiger charge is 2.16. The highest BCUT2D eigenvalue weighted by atomic mass is 14.7. The van der Waals surface area contributed by atoms with Crippen LogP contribution in [0.1, 0.15) is 68.7 Å². The minimum atomic E-state index is 1.25. The molecule has 0 radical (unpaired) electrons. The van der Waals surface area contributed by atoms with Crippen LogP contribution in [0.15, 0.2) is 18.2 Å². The van der Waals surface area contributed by atoms with Crippen molar-refractivity contribution in [2.75, 3.05) is 0 Å². The average molecular weight is 269 g/mol. The van der Waals surface area contributed by atoms with Crippen molar-refractivity contribution in [1.29, 1.82) is 0 Å². The summed E-state index contributed by atoms with van der Waals surface area (Å²) in [6.45, 7) is 2.28. The molecule has 20 heavy (non-hydrogen) atoms. The Morgan fingerprint density at radius 2 is 1.90 bits per heavy atom. The predicted molar refractivity (Wildman–Crippen MR) is 87.4 cm³/mol. The molecular formula is C19H27N. The first kappa shape index (κ1) is 13.7. The van der Waals surface area contributed by atoms with Crippen molar-refractivity contribution >= 4 is 10.9 Å². The van der Waals surface area contributed by atoms with Gasteiger partial charge < -0.3 is 4.98 Å². The lowest BCUT2D eigenvalue weighted by atomic mass is 9.97. The largest absolute Gasteiger partial charge is 0.358 e. The highest BCUT2D eigenvalue weighted by Crippen LogP contribution is 2.31. The van der Waals surface area contributed by atoms with Crippen molar-refractivity contribution in [1.82, 2.24) is 4.98 Å². The summed E-state index contributed by atoms with van der Waals surface area (Å²) in [5.41, 5.74) is 6.13. The first-order chi connectivity index (χ1) is 9.90. The third kappa shape index (κ3) is 2.77. The zero-order valence-electron chi connectivity index (χ0n) is 12.8. The topological polar surface area (TPSA) is 15.8 Å². The third-order valence-corrected chi connectivity index (χ3v) is 4.76. The Kier molecular flexibility index (Phi) is 4.44. The smallest absolute Gasteiger partial charge is 0.0461 e. The molecule has 1 aromatic heterocycles. The summed E-state index contributed by atoms with van der Waals surface area (Å²) in [7, 11) is 0. The fraction of sp³-hybridized carbons (Fsp3) is 0.579. The van der Waals surface area contributed by atoms with Crippen molar-refractivity contribution in [3.63, 3.8) is 0 Å². The van der Waals surface area contributed by atoms with Crippen LogP contribution in [-0.4, -0.2) is 4.98 Å².